The molecule has 1 atom stereocenters. The second-order valence-electron chi connectivity index (χ2n) is 8.36. The number of nitrogens with one attached hydrogen (secondary N) is 4. The van der Waals surface area contributed by atoms with Gasteiger partial charge >= 0.3 is 6.09 Å². The van der Waals surface area contributed by atoms with Crippen LogP contribution in [0, 0.1) is 16.7 Å². The number of hydrogen-bond donors (Lipinski definition) is 4. The summed E-state index contributed by atoms with van der Waals surface area (Å²) >= 11 is 1.34. The Hall–Kier alpha value is -3.26. The third-order valence-corrected chi connectivity index (χ3v) is 5.22. The van der Waals surface area contributed by atoms with Crippen LogP contribution in [0.15, 0.2) is 23.1 Å². The third-order valence-electron chi connectivity index (χ3n) is 4.05. The molecule has 0 fully saturated rings. The number of ether oxygens (including phenoxy) is 1. The van der Waals surface area contributed by atoms with E-state index in [-0.39, 0.29) is 11.3 Å². The minimum absolute atomic E-state index is 0.188. The molecule has 0 saturated carbocycles. The van der Waals surface area contributed by atoms with Crippen LogP contribution in [0.3, 0.4) is 0 Å². The fourth-order valence-electron chi connectivity index (χ4n) is 2.31. The predicted molar refractivity (Wildman–Crippen MR) is 114 cm³/mol. The number of hydrogen-bond acceptors (Lipinski definition) is 7. The maximum atomic E-state index is 12.5. The number of hydrazine groups is 1. The Balaban J connectivity index is 2.05. The standard InChI is InChI=1S/C20H25N5O5S/c1-19(2,3)30-18(29)23-13-9-31-14-7-6-11(8-12(14)22-16(13)27)15(26)24-25-17(28)20(4,5)10-21/h6-8,13H,9H2,1-5H3,(H,22,27)(H,23,29)(H,24,26)(H,25,28)/t13-/m0/s1. The Bertz CT molecular complexity index is 948. The highest BCUT2D eigenvalue weighted by Crippen LogP contribution is 2.31. The van der Waals surface area contributed by atoms with E-state index < -0.39 is 40.9 Å². The number of fused-ring (bicyclic) bond motifs is 1. The van der Waals surface area contributed by atoms with Crippen LogP contribution in [0.4, 0.5) is 10.5 Å². The summed E-state index contributed by atoms with van der Waals surface area (Å²) in [6, 6.07) is 5.67. The van der Waals surface area contributed by atoms with Gasteiger partial charge in [-0.2, -0.15) is 5.26 Å². The fourth-order valence-corrected chi connectivity index (χ4v) is 3.32. The molecule has 1 aromatic rings. The number of amides is 4. The number of benzene rings is 1. The first-order valence-electron chi connectivity index (χ1n) is 9.41. The highest BCUT2D eigenvalue weighted by Gasteiger charge is 2.29. The molecule has 0 aromatic heterocycles. The topological polar surface area (TPSA) is 149 Å². The van der Waals surface area contributed by atoms with Gasteiger partial charge in [-0.25, -0.2) is 4.79 Å². The lowest BCUT2D eigenvalue weighted by Crippen LogP contribution is -2.47. The highest BCUT2D eigenvalue weighted by molar-refractivity contribution is 7.99. The van der Waals surface area contributed by atoms with Crippen LogP contribution in [0.1, 0.15) is 45.0 Å². The quantitative estimate of drug-likeness (QED) is 0.517. The van der Waals surface area contributed by atoms with Crippen LogP contribution in [-0.2, 0) is 14.3 Å². The van der Waals surface area contributed by atoms with Crippen LogP contribution in [0.2, 0.25) is 0 Å². The number of thioether (sulfide) groups is 1. The molecule has 0 radical (unpaired) electrons. The monoisotopic (exact) mass is 447 g/mol. The lowest BCUT2D eigenvalue weighted by molar-refractivity contribution is -0.127. The number of rotatable bonds is 3. The molecule has 31 heavy (non-hydrogen) atoms. The summed E-state index contributed by atoms with van der Waals surface area (Å²) in [5.41, 5.74) is 3.05. The molecule has 0 unspecified atom stereocenters. The molecule has 0 bridgehead atoms. The van der Waals surface area contributed by atoms with E-state index in [0.29, 0.717) is 10.6 Å². The van der Waals surface area contributed by atoms with Gasteiger partial charge in [0.05, 0.1) is 11.8 Å². The summed E-state index contributed by atoms with van der Waals surface area (Å²) in [5.74, 6) is -1.43. The minimum Gasteiger partial charge on any atom is -0.444 e. The van der Waals surface area contributed by atoms with Gasteiger partial charge in [0, 0.05) is 16.2 Å². The molecule has 0 spiro atoms. The number of nitrogens with zero attached hydrogens (tertiary/aromatic N) is 1. The average molecular weight is 448 g/mol. The van der Waals surface area contributed by atoms with Crippen molar-refractivity contribution in [2.45, 2.75) is 51.2 Å². The van der Waals surface area contributed by atoms with E-state index >= 15 is 0 Å². The van der Waals surface area contributed by atoms with Crippen LogP contribution in [-0.4, -0.2) is 41.2 Å². The van der Waals surface area contributed by atoms with Crippen molar-refractivity contribution < 1.29 is 23.9 Å². The molecule has 4 amide bonds. The molecule has 0 aliphatic carbocycles. The van der Waals surface area contributed by atoms with Gasteiger partial charge in [0.25, 0.3) is 11.8 Å². The minimum atomic E-state index is -1.30. The first-order chi connectivity index (χ1) is 14.3. The Morgan fingerprint density at radius 3 is 2.48 bits per heavy atom. The number of carbonyl (C=O) groups excluding carboxylic acids is 4. The molecular formula is C20H25N5O5S. The SMILES string of the molecule is CC(C)(C)OC(=O)N[C@H]1CSc2ccc(C(=O)NNC(=O)C(C)(C)C#N)cc2NC1=O. The van der Waals surface area contributed by atoms with Crippen molar-refractivity contribution in [3.05, 3.63) is 23.8 Å². The van der Waals surface area contributed by atoms with Gasteiger partial charge in [0.15, 0.2) is 0 Å². The normalized spacial score (nSPS) is 16.0. The lowest BCUT2D eigenvalue weighted by Gasteiger charge is -2.22. The van der Waals surface area contributed by atoms with Gasteiger partial charge in [-0.1, -0.05) is 0 Å². The van der Waals surface area contributed by atoms with Gasteiger partial charge in [0.1, 0.15) is 17.1 Å². The Labute approximate surface area is 184 Å². The molecule has 4 N–H and O–H groups in total. The second kappa shape index (κ2) is 9.26. The Morgan fingerprint density at radius 2 is 1.87 bits per heavy atom. The van der Waals surface area contributed by atoms with Gasteiger partial charge in [-0.3, -0.25) is 25.2 Å². The highest BCUT2D eigenvalue weighted by atomic mass is 32.2. The lowest BCUT2D eigenvalue weighted by atomic mass is 9.95. The molecule has 2 rings (SSSR count). The summed E-state index contributed by atoms with van der Waals surface area (Å²) in [7, 11) is 0. The molecule has 10 nitrogen and oxygen atoms in total. The number of nitriles is 1. The largest absolute Gasteiger partial charge is 0.444 e. The predicted octanol–water partition coefficient (Wildman–Crippen LogP) is 1.93. The van der Waals surface area contributed by atoms with Gasteiger partial charge in [-0.15, -0.1) is 11.8 Å². The van der Waals surface area contributed by atoms with Crippen LogP contribution >= 0.6 is 11.8 Å². The first kappa shape index (κ1) is 24.0. The van der Waals surface area contributed by atoms with Crippen molar-refractivity contribution in [3.8, 4) is 6.07 Å². The van der Waals surface area contributed by atoms with E-state index in [9.17, 15) is 19.2 Å². The number of alkyl carbamates (subject to hydrolysis) is 1. The van der Waals surface area contributed by atoms with Crippen LogP contribution in [0.25, 0.3) is 0 Å². The molecule has 1 aliphatic heterocycles. The second-order valence-corrected chi connectivity index (χ2v) is 9.42. The zero-order valence-electron chi connectivity index (χ0n) is 17.9. The van der Waals surface area contributed by atoms with Crippen molar-refractivity contribution in [1.82, 2.24) is 16.2 Å². The molecule has 1 aliphatic rings. The number of anilines is 1. The van der Waals surface area contributed by atoms with E-state index in [1.165, 1.54) is 37.7 Å². The summed E-state index contributed by atoms with van der Waals surface area (Å²) in [6.07, 6.45) is -0.699. The van der Waals surface area contributed by atoms with Crippen LogP contribution < -0.4 is 21.5 Å². The molecule has 1 aromatic carbocycles. The maximum Gasteiger partial charge on any atom is 0.408 e. The molecule has 11 heteroatoms. The Kier molecular flexibility index (Phi) is 7.17. The molecular weight excluding hydrogens is 422 g/mol. The van der Waals surface area contributed by atoms with Crippen LogP contribution in [0.5, 0.6) is 0 Å². The van der Waals surface area contributed by atoms with E-state index in [2.05, 4.69) is 21.5 Å². The zero-order chi connectivity index (χ0) is 23.4. The van der Waals surface area contributed by atoms with Gasteiger partial charge in [0.2, 0.25) is 5.91 Å². The average Bonchev–Trinajstić information content (AvgIpc) is 2.82. The zero-order valence-corrected chi connectivity index (χ0v) is 18.7. The van der Waals surface area contributed by atoms with E-state index in [1.54, 1.807) is 26.8 Å². The first-order valence-corrected chi connectivity index (χ1v) is 10.4. The van der Waals surface area contributed by atoms with E-state index in [0.717, 1.165) is 0 Å². The summed E-state index contributed by atoms with van der Waals surface area (Å²) < 4.78 is 5.19. The van der Waals surface area contributed by atoms with Crippen molar-refractivity contribution in [2.24, 2.45) is 5.41 Å². The van der Waals surface area contributed by atoms with Crippen molar-refractivity contribution in [3.63, 3.8) is 0 Å². The van der Waals surface area contributed by atoms with Gasteiger partial charge < -0.3 is 15.4 Å². The summed E-state index contributed by atoms with van der Waals surface area (Å²) in [5, 5.41) is 14.2. The Morgan fingerprint density at radius 1 is 1.19 bits per heavy atom. The van der Waals surface area contributed by atoms with Gasteiger partial charge in [-0.05, 0) is 52.8 Å². The summed E-state index contributed by atoms with van der Waals surface area (Å²) in [6.45, 7) is 8.01. The maximum absolute atomic E-state index is 12.5. The van der Waals surface area contributed by atoms with Crippen molar-refractivity contribution >= 4 is 41.3 Å². The van der Waals surface area contributed by atoms with Crippen molar-refractivity contribution in [1.29, 1.82) is 5.26 Å². The third kappa shape index (κ3) is 6.62. The molecule has 166 valence electrons. The molecule has 1 heterocycles. The van der Waals surface area contributed by atoms with E-state index in [1.807, 2.05) is 6.07 Å². The smallest absolute Gasteiger partial charge is 0.408 e. The fraction of sp³-hybridized carbons (Fsp3) is 0.450. The van der Waals surface area contributed by atoms with E-state index in [4.69, 9.17) is 10.00 Å². The van der Waals surface area contributed by atoms with Crippen molar-refractivity contribution in [2.75, 3.05) is 11.1 Å². The summed E-state index contributed by atoms with van der Waals surface area (Å²) in [4.78, 5) is 49.5. The molecule has 0 saturated heterocycles. The number of carbonyl (C=O) groups is 4.